The summed E-state index contributed by atoms with van der Waals surface area (Å²) in [5, 5.41) is 13.6. The van der Waals surface area contributed by atoms with Crippen molar-refractivity contribution in [3.8, 4) is 5.75 Å². The topological polar surface area (TPSA) is 61.8 Å². The van der Waals surface area contributed by atoms with Gasteiger partial charge in [0, 0.05) is 40.7 Å². The smallest absolute Gasteiger partial charge is 0.408 e. The SMILES string of the molecule is COc1c(C(C)N(C(=O)O)C(C)(C)C)cc(Cl)c(C)c1C1CNC1. The Labute approximate surface area is 148 Å². The zero-order valence-electron chi connectivity index (χ0n) is 15.2. The van der Waals surface area contributed by atoms with Gasteiger partial charge in [-0.15, -0.1) is 0 Å². The lowest BCUT2D eigenvalue weighted by Crippen LogP contribution is -2.46. The van der Waals surface area contributed by atoms with Gasteiger partial charge >= 0.3 is 6.09 Å². The molecule has 0 aliphatic carbocycles. The van der Waals surface area contributed by atoms with Crippen LogP contribution < -0.4 is 10.1 Å². The molecule has 2 rings (SSSR count). The van der Waals surface area contributed by atoms with Crippen molar-refractivity contribution in [3.63, 3.8) is 0 Å². The van der Waals surface area contributed by atoms with Crippen LogP contribution in [0.25, 0.3) is 0 Å². The minimum absolute atomic E-state index is 0.345. The minimum Gasteiger partial charge on any atom is -0.496 e. The molecule has 1 fully saturated rings. The summed E-state index contributed by atoms with van der Waals surface area (Å²) in [6.45, 7) is 11.3. The third-order valence-corrected chi connectivity index (χ3v) is 5.10. The fraction of sp³-hybridized carbons (Fsp3) is 0.611. The van der Waals surface area contributed by atoms with E-state index in [1.807, 2.05) is 40.7 Å². The summed E-state index contributed by atoms with van der Waals surface area (Å²) in [6.07, 6.45) is -0.958. The second kappa shape index (κ2) is 6.81. The normalized spacial score (nSPS) is 16.5. The second-order valence-electron chi connectivity index (χ2n) is 7.37. The standard InChI is InChI=1S/C18H27ClN2O3/c1-10-14(19)7-13(11(2)21(17(22)23)18(3,4)5)16(24-6)15(10)12-8-20-9-12/h7,11-12,20H,8-9H2,1-6H3,(H,22,23). The first-order chi connectivity index (χ1) is 11.1. The number of benzene rings is 1. The Morgan fingerprint density at radius 2 is 2.04 bits per heavy atom. The van der Waals surface area contributed by atoms with Crippen molar-refractivity contribution in [1.82, 2.24) is 10.2 Å². The number of nitrogens with zero attached hydrogens (tertiary/aromatic N) is 1. The van der Waals surface area contributed by atoms with E-state index in [1.54, 1.807) is 7.11 Å². The maximum atomic E-state index is 11.8. The Hall–Kier alpha value is -1.46. The highest BCUT2D eigenvalue weighted by atomic mass is 35.5. The fourth-order valence-electron chi connectivity index (χ4n) is 3.46. The number of carboxylic acid groups (broad SMARTS) is 1. The molecule has 6 heteroatoms. The molecule has 1 aromatic carbocycles. The molecular weight excluding hydrogens is 328 g/mol. The van der Waals surface area contributed by atoms with E-state index in [-0.39, 0.29) is 6.04 Å². The Morgan fingerprint density at radius 3 is 2.42 bits per heavy atom. The fourth-order valence-corrected chi connectivity index (χ4v) is 3.68. The molecule has 1 aliphatic rings. The van der Waals surface area contributed by atoms with Gasteiger partial charge in [-0.1, -0.05) is 11.6 Å². The number of hydrogen-bond acceptors (Lipinski definition) is 3. The van der Waals surface area contributed by atoms with Crippen molar-refractivity contribution in [3.05, 3.63) is 27.8 Å². The van der Waals surface area contributed by atoms with Gasteiger partial charge in [-0.25, -0.2) is 4.79 Å². The maximum Gasteiger partial charge on any atom is 0.408 e. The summed E-state index contributed by atoms with van der Waals surface area (Å²) in [5.74, 6) is 1.10. The van der Waals surface area contributed by atoms with E-state index in [1.165, 1.54) is 4.90 Å². The van der Waals surface area contributed by atoms with E-state index in [4.69, 9.17) is 16.3 Å². The van der Waals surface area contributed by atoms with E-state index in [2.05, 4.69) is 5.32 Å². The molecule has 1 aromatic rings. The van der Waals surface area contributed by atoms with Gasteiger partial charge in [0.25, 0.3) is 0 Å². The van der Waals surface area contributed by atoms with Crippen molar-refractivity contribution >= 4 is 17.7 Å². The molecule has 0 bridgehead atoms. The van der Waals surface area contributed by atoms with E-state index in [0.29, 0.717) is 10.9 Å². The van der Waals surface area contributed by atoms with Crippen LogP contribution in [0.1, 0.15) is 56.3 Å². The number of hydrogen-bond donors (Lipinski definition) is 2. The Kier molecular flexibility index (Phi) is 5.35. The Balaban J connectivity index is 2.60. The predicted octanol–water partition coefficient (Wildman–Crippen LogP) is 4.18. The van der Waals surface area contributed by atoms with Gasteiger partial charge in [-0.05, 0) is 46.2 Å². The minimum atomic E-state index is -0.958. The predicted molar refractivity (Wildman–Crippen MR) is 96.4 cm³/mol. The molecule has 1 saturated heterocycles. The van der Waals surface area contributed by atoms with Crippen LogP contribution in [0.3, 0.4) is 0 Å². The molecule has 0 aromatic heterocycles. The Morgan fingerprint density at radius 1 is 1.46 bits per heavy atom. The lowest BCUT2D eigenvalue weighted by Gasteiger charge is -2.39. The first-order valence-corrected chi connectivity index (χ1v) is 8.57. The second-order valence-corrected chi connectivity index (χ2v) is 7.78. The quantitative estimate of drug-likeness (QED) is 0.851. The van der Waals surface area contributed by atoms with Gasteiger partial charge in [-0.3, -0.25) is 4.90 Å². The van der Waals surface area contributed by atoms with Gasteiger partial charge < -0.3 is 15.2 Å². The highest BCUT2D eigenvalue weighted by Gasteiger charge is 2.35. The van der Waals surface area contributed by atoms with Crippen LogP contribution >= 0.6 is 11.6 Å². The number of carbonyl (C=O) groups is 1. The summed E-state index contributed by atoms with van der Waals surface area (Å²) in [6, 6.07) is 1.47. The Bertz CT molecular complexity index is 636. The number of rotatable bonds is 4. The van der Waals surface area contributed by atoms with Crippen molar-refractivity contribution < 1.29 is 14.6 Å². The largest absolute Gasteiger partial charge is 0.496 e. The van der Waals surface area contributed by atoms with E-state index >= 15 is 0 Å². The van der Waals surface area contributed by atoms with E-state index in [9.17, 15) is 9.90 Å². The zero-order chi connectivity index (χ0) is 18.2. The number of halogens is 1. The van der Waals surface area contributed by atoms with Crippen molar-refractivity contribution in [2.75, 3.05) is 20.2 Å². The molecule has 0 saturated carbocycles. The maximum absolute atomic E-state index is 11.8. The lowest BCUT2D eigenvalue weighted by molar-refractivity contribution is 0.0745. The van der Waals surface area contributed by atoms with Gasteiger partial charge in [0.15, 0.2) is 0 Å². The first-order valence-electron chi connectivity index (χ1n) is 8.19. The first kappa shape index (κ1) is 18.9. The average Bonchev–Trinajstić information content (AvgIpc) is 2.39. The van der Waals surface area contributed by atoms with Crippen molar-refractivity contribution in [2.45, 2.75) is 52.1 Å². The van der Waals surface area contributed by atoms with E-state index < -0.39 is 11.6 Å². The molecule has 1 heterocycles. The monoisotopic (exact) mass is 354 g/mol. The molecular formula is C18H27ClN2O3. The summed E-state index contributed by atoms with van der Waals surface area (Å²) >= 11 is 6.47. The molecule has 1 atom stereocenters. The summed E-state index contributed by atoms with van der Waals surface area (Å²) in [7, 11) is 1.64. The van der Waals surface area contributed by atoms with Crippen LogP contribution in [-0.2, 0) is 0 Å². The van der Waals surface area contributed by atoms with Crippen LogP contribution in [-0.4, -0.2) is 41.8 Å². The van der Waals surface area contributed by atoms with Crippen LogP contribution in [0.2, 0.25) is 5.02 Å². The highest BCUT2D eigenvalue weighted by molar-refractivity contribution is 6.31. The third-order valence-electron chi connectivity index (χ3n) is 4.71. The number of amides is 1. The molecule has 0 spiro atoms. The van der Waals surface area contributed by atoms with Gasteiger partial charge in [0.1, 0.15) is 5.75 Å². The summed E-state index contributed by atoms with van der Waals surface area (Å²) < 4.78 is 5.73. The van der Waals surface area contributed by atoms with Crippen LogP contribution in [0.5, 0.6) is 5.75 Å². The van der Waals surface area contributed by atoms with E-state index in [0.717, 1.165) is 35.5 Å². The molecule has 134 valence electrons. The molecule has 1 aliphatic heterocycles. The summed E-state index contributed by atoms with van der Waals surface area (Å²) in [4.78, 5) is 13.3. The van der Waals surface area contributed by atoms with Crippen LogP contribution in [0, 0.1) is 6.92 Å². The average molecular weight is 355 g/mol. The molecule has 1 amide bonds. The van der Waals surface area contributed by atoms with Gasteiger partial charge in [0.05, 0.1) is 13.2 Å². The highest BCUT2D eigenvalue weighted by Crippen LogP contribution is 2.43. The van der Waals surface area contributed by atoms with Gasteiger partial charge in [-0.2, -0.15) is 0 Å². The molecule has 24 heavy (non-hydrogen) atoms. The molecule has 1 unspecified atom stereocenters. The lowest BCUT2D eigenvalue weighted by atomic mass is 9.86. The van der Waals surface area contributed by atoms with Crippen LogP contribution in [0.4, 0.5) is 4.79 Å². The van der Waals surface area contributed by atoms with Crippen LogP contribution in [0.15, 0.2) is 6.07 Å². The molecule has 0 radical (unpaired) electrons. The zero-order valence-corrected chi connectivity index (χ0v) is 16.0. The number of methoxy groups -OCH3 is 1. The molecule has 5 nitrogen and oxygen atoms in total. The van der Waals surface area contributed by atoms with Gasteiger partial charge in [0.2, 0.25) is 0 Å². The van der Waals surface area contributed by atoms with Crippen molar-refractivity contribution in [2.24, 2.45) is 0 Å². The molecule has 2 N–H and O–H groups in total. The number of ether oxygens (including phenoxy) is 1. The summed E-state index contributed by atoms with van der Waals surface area (Å²) in [5.41, 5.74) is 2.37. The number of nitrogens with one attached hydrogen (secondary N) is 1. The third kappa shape index (κ3) is 3.33. The van der Waals surface area contributed by atoms with Crippen molar-refractivity contribution in [1.29, 1.82) is 0 Å².